The summed E-state index contributed by atoms with van der Waals surface area (Å²) in [5.74, 6) is 0. The van der Waals surface area contributed by atoms with E-state index in [1.54, 1.807) is 13.0 Å². The van der Waals surface area contributed by atoms with Crippen molar-refractivity contribution in [3.63, 3.8) is 0 Å². The quantitative estimate of drug-likeness (QED) is 0.767. The first-order chi connectivity index (χ1) is 9.13. The van der Waals surface area contributed by atoms with Crippen LogP contribution >= 0.6 is 0 Å². The molecule has 0 unspecified atom stereocenters. The number of nitrogens with zero attached hydrogens (tertiary/aromatic N) is 2. The molecule has 0 fully saturated rings. The standard InChI is InChI=1S/C15H22N2O2/c1-4-17(8-9-19-5-2)15-10-13(11-16)6-7-14(15)12(3)18/h6-7,10,12,18H,4-5,8-9H2,1-3H3/t12-/m1/s1. The normalized spacial score (nSPS) is 11.9. The Morgan fingerprint density at radius 3 is 2.68 bits per heavy atom. The Hall–Kier alpha value is -1.57. The van der Waals surface area contributed by atoms with Gasteiger partial charge < -0.3 is 14.7 Å². The van der Waals surface area contributed by atoms with Crippen LogP contribution in [-0.4, -0.2) is 31.4 Å². The first-order valence-electron chi connectivity index (χ1n) is 6.68. The Bertz CT molecular complexity index is 438. The second-order valence-electron chi connectivity index (χ2n) is 4.34. The van der Waals surface area contributed by atoms with Crippen molar-refractivity contribution in [3.05, 3.63) is 29.3 Å². The van der Waals surface area contributed by atoms with Crippen LogP contribution in [0.1, 0.15) is 38.0 Å². The first kappa shape index (κ1) is 15.5. The van der Waals surface area contributed by atoms with E-state index in [0.717, 1.165) is 24.3 Å². The molecule has 0 aliphatic heterocycles. The summed E-state index contributed by atoms with van der Waals surface area (Å²) in [5, 5.41) is 18.8. The third-order valence-electron chi connectivity index (χ3n) is 3.04. The van der Waals surface area contributed by atoms with Crippen LogP contribution in [0.5, 0.6) is 0 Å². The third-order valence-corrected chi connectivity index (χ3v) is 3.04. The molecule has 0 heterocycles. The van der Waals surface area contributed by atoms with E-state index < -0.39 is 6.10 Å². The molecule has 0 amide bonds. The van der Waals surface area contributed by atoms with Crippen LogP contribution in [0.15, 0.2) is 18.2 Å². The predicted molar refractivity (Wildman–Crippen MR) is 76.2 cm³/mol. The van der Waals surface area contributed by atoms with Gasteiger partial charge in [-0.3, -0.25) is 0 Å². The fraction of sp³-hybridized carbons (Fsp3) is 0.533. The average molecular weight is 262 g/mol. The molecule has 1 atom stereocenters. The Morgan fingerprint density at radius 1 is 1.42 bits per heavy atom. The van der Waals surface area contributed by atoms with Crippen LogP contribution in [0.25, 0.3) is 0 Å². The molecule has 0 spiro atoms. The van der Waals surface area contributed by atoms with Crippen LogP contribution in [-0.2, 0) is 4.74 Å². The minimum atomic E-state index is -0.552. The van der Waals surface area contributed by atoms with E-state index in [1.807, 2.05) is 19.1 Å². The molecule has 0 aliphatic carbocycles. The molecule has 19 heavy (non-hydrogen) atoms. The highest BCUT2D eigenvalue weighted by Crippen LogP contribution is 2.27. The van der Waals surface area contributed by atoms with Crippen molar-refractivity contribution in [2.24, 2.45) is 0 Å². The van der Waals surface area contributed by atoms with E-state index in [2.05, 4.69) is 17.9 Å². The van der Waals surface area contributed by atoms with E-state index in [0.29, 0.717) is 18.8 Å². The number of likely N-dealkylation sites (N-methyl/N-ethyl adjacent to an activating group) is 1. The topological polar surface area (TPSA) is 56.5 Å². The lowest BCUT2D eigenvalue weighted by molar-refractivity contribution is 0.153. The zero-order valence-electron chi connectivity index (χ0n) is 11.9. The van der Waals surface area contributed by atoms with E-state index in [-0.39, 0.29) is 0 Å². The smallest absolute Gasteiger partial charge is 0.0992 e. The zero-order valence-corrected chi connectivity index (χ0v) is 11.9. The molecule has 4 heteroatoms. The number of ether oxygens (including phenoxy) is 1. The molecular formula is C15H22N2O2. The highest BCUT2D eigenvalue weighted by atomic mass is 16.5. The summed E-state index contributed by atoms with van der Waals surface area (Å²) in [5.41, 5.74) is 2.36. The van der Waals surface area contributed by atoms with Crippen molar-refractivity contribution in [1.29, 1.82) is 5.26 Å². The van der Waals surface area contributed by atoms with E-state index in [1.165, 1.54) is 0 Å². The third kappa shape index (κ3) is 4.23. The monoisotopic (exact) mass is 262 g/mol. The van der Waals surface area contributed by atoms with Crippen molar-refractivity contribution in [2.75, 3.05) is 31.2 Å². The number of rotatable bonds is 7. The second kappa shape index (κ2) is 7.78. The van der Waals surface area contributed by atoms with E-state index in [4.69, 9.17) is 10.00 Å². The molecule has 0 radical (unpaired) electrons. The number of anilines is 1. The largest absolute Gasteiger partial charge is 0.389 e. The van der Waals surface area contributed by atoms with Gasteiger partial charge in [0.15, 0.2) is 0 Å². The van der Waals surface area contributed by atoms with Crippen molar-refractivity contribution >= 4 is 5.69 Å². The minimum Gasteiger partial charge on any atom is -0.389 e. The lowest BCUT2D eigenvalue weighted by Gasteiger charge is -2.26. The first-order valence-corrected chi connectivity index (χ1v) is 6.68. The fourth-order valence-electron chi connectivity index (χ4n) is 2.01. The maximum Gasteiger partial charge on any atom is 0.0992 e. The van der Waals surface area contributed by atoms with Gasteiger partial charge in [0, 0.05) is 30.9 Å². The molecule has 4 nitrogen and oxygen atoms in total. The van der Waals surface area contributed by atoms with Gasteiger partial charge in [0.05, 0.1) is 24.3 Å². The molecule has 0 bridgehead atoms. The molecule has 0 saturated carbocycles. The summed E-state index contributed by atoms with van der Waals surface area (Å²) in [6.45, 7) is 8.64. The molecule has 1 rings (SSSR count). The van der Waals surface area contributed by atoms with Gasteiger partial charge in [0.25, 0.3) is 0 Å². The number of nitriles is 1. The van der Waals surface area contributed by atoms with Gasteiger partial charge in [0.1, 0.15) is 0 Å². The highest BCUT2D eigenvalue weighted by Gasteiger charge is 2.14. The zero-order chi connectivity index (χ0) is 14.3. The molecular weight excluding hydrogens is 240 g/mol. The summed E-state index contributed by atoms with van der Waals surface area (Å²) in [6, 6.07) is 7.53. The van der Waals surface area contributed by atoms with Gasteiger partial charge in [-0.25, -0.2) is 0 Å². The predicted octanol–water partition coefficient (Wildman–Crippen LogP) is 2.47. The fourth-order valence-corrected chi connectivity index (χ4v) is 2.01. The molecule has 1 aromatic rings. The Labute approximate surface area is 115 Å². The van der Waals surface area contributed by atoms with Gasteiger partial charge in [-0.05, 0) is 32.9 Å². The number of hydrogen-bond acceptors (Lipinski definition) is 4. The van der Waals surface area contributed by atoms with Gasteiger partial charge in [-0.2, -0.15) is 5.26 Å². The lowest BCUT2D eigenvalue weighted by atomic mass is 10.0. The van der Waals surface area contributed by atoms with Gasteiger partial charge in [0.2, 0.25) is 0 Å². The van der Waals surface area contributed by atoms with E-state index in [9.17, 15) is 5.11 Å². The van der Waals surface area contributed by atoms with Crippen LogP contribution in [0.4, 0.5) is 5.69 Å². The minimum absolute atomic E-state index is 0.552. The summed E-state index contributed by atoms with van der Waals surface area (Å²) < 4.78 is 5.38. The summed E-state index contributed by atoms with van der Waals surface area (Å²) in [6.07, 6.45) is -0.552. The van der Waals surface area contributed by atoms with Crippen LogP contribution in [0, 0.1) is 11.3 Å². The van der Waals surface area contributed by atoms with Crippen molar-refractivity contribution in [1.82, 2.24) is 0 Å². The molecule has 1 N–H and O–H groups in total. The number of aliphatic hydroxyl groups excluding tert-OH is 1. The SMILES string of the molecule is CCOCCN(CC)c1cc(C#N)ccc1[C@@H](C)O. The van der Waals surface area contributed by atoms with Crippen LogP contribution in [0.3, 0.4) is 0 Å². The Balaban J connectivity index is 3.02. The van der Waals surface area contributed by atoms with E-state index >= 15 is 0 Å². The molecule has 104 valence electrons. The van der Waals surface area contributed by atoms with Gasteiger partial charge in [-0.1, -0.05) is 6.07 Å². The Morgan fingerprint density at radius 2 is 2.16 bits per heavy atom. The maximum atomic E-state index is 9.84. The average Bonchev–Trinajstić information content (AvgIpc) is 2.43. The van der Waals surface area contributed by atoms with Crippen LogP contribution in [0.2, 0.25) is 0 Å². The summed E-state index contributed by atoms with van der Waals surface area (Å²) in [7, 11) is 0. The molecule has 0 aliphatic rings. The summed E-state index contributed by atoms with van der Waals surface area (Å²) in [4.78, 5) is 2.12. The lowest BCUT2D eigenvalue weighted by Crippen LogP contribution is -2.28. The molecule has 0 aromatic heterocycles. The van der Waals surface area contributed by atoms with Gasteiger partial charge >= 0.3 is 0 Å². The highest BCUT2D eigenvalue weighted by molar-refractivity contribution is 5.58. The molecule has 1 aromatic carbocycles. The Kier molecular flexibility index (Phi) is 6.34. The van der Waals surface area contributed by atoms with Crippen molar-refractivity contribution in [3.8, 4) is 6.07 Å². The van der Waals surface area contributed by atoms with Crippen molar-refractivity contribution < 1.29 is 9.84 Å². The number of aliphatic hydroxyl groups is 1. The number of benzene rings is 1. The molecule has 0 saturated heterocycles. The van der Waals surface area contributed by atoms with Gasteiger partial charge in [-0.15, -0.1) is 0 Å². The number of hydrogen-bond donors (Lipinski definition) is 1. The van der Waals surface area contributed by atoms with Crippen molar-refractivity contribution in [2.45, 2.75) is 26.9 Å². The second-order valence-corrected chi connectivity index (χ2v) is 4.34. The van der Waals surface area contributed by atoms with Crippen LogP contribution < -0.4 is 4.90 Å². The maximum absolute atomic E-state index is 9.84. The summed E-state index contributed by atoms with van der Waals surface area (Å²) >= 11 is 0.